The Morgan fingerprint density at radius 3 is 2.76 bits per heavy atom. The minimum atomic E-state index is -4.68. The average molecular weight is 303 g/mol. The Balaban J connectivity index is 2.35. The van der Waals surface area contributed by atoms with E-state index in [0.29, 0.717) is 0 Å². The summed E-state index contributed by atoms with van der Waals surface area (Å²) in [5.41, 5.74) is 4.56. The van der Waals surface area contributed by atoms with E-state index in [2.05, 4.69) is 10.1 Å². The van der Waals surface area contributed by atoms with E-state index in [1.54, 1.807) is 0 Å². The molecule has 0 saturated heterocycles. The van der Waals surface area contributed by atoms with Crippen molar-refractivity contribution in [1.82, 2.24) is 10.1 Å². The van der Waals surface area contributed by atoms with Gasteiger partial charge in [-0.05, 0) is 18.2 Å². The molecule has 1 unspecified atom stereocenters. The van der Waals surface area contributed by atoms with Crippen LogP contribution in [-0.2, 0) is 10.9 Å². The Morgan fingerprint density at radius 2 is 2.14 bits per heavy atom. The quantitative estimate of drug-likeness (QED) is 0.898. The predicted octanol–water partition coefficient (Wildman–Crippen LogP) is 2.11. The number of phenols is 1. The SMILES string of the molecule is COCC(N)c1nc(-c2ccc(O)c(C(F)(F)F)c2)no1. The molecule has 0 spiro atoms. The van der Waals surface area contributed by atoms with Crippen molar-refractivity contribution in [3.8, 4) is 17.1 Å². The molecular formula is C12H12F3N3O3. The molecule has 6 nitrogen and oxygen atoms in total. The summed E-state index contributed by atoms with van der Waals surface area (Å²) >= 11 is 0. The first-order valence-corrected chi connectivity index (χ1v) is 5.81. The number of hydrogen-bond acceptors (Lipinski definition) is 6. The first kappa shape index (κ1) is 15.3. The van der Waals surface area contributed by atoms with Crippen LogP contribution in [0.25, 0.3) is 11.4 Å². The molecule has 3 N–H and O–H groups in total. The molecule has 1 heterocycles. The third kappa shape index (κ3) is 3.31. The fourth-order valence-corrected chi connectivity index (χ4v) is 1.66. The number of aromatic nitrogens is 2. The molecule has 0 fully saturated rings. The minimum Gasteiger partial charge on any atom is -0.507 e. The number of benzene rings is 1. The smallest absolute Gasteiger partial charge is 0.419 e. The van der Waals surface area contributed by atoms with Crippen LogP contribution >= 0.6 is 0 Å². The molecule has 21 heavy (non-hydrogen) atoms. The van der Waals surface area contributed by atoms with E-state index in [4.69, 9.17) is 15.0 Å². The van der Waals surface area contributed by atoms with Crippen molar-refractivity contribution in [1.29, 1.82) is 0 Å². The van der Waals surface area contributed by atoms with E-state index >= 15 is 0 Å². The van der Waals surface area contributed by atoms with Crippen molar-refractivity contribution in [3.05, 3.63) is 29.7 Å². The van der Waals surface area contributed by atoms with Gasteiger partial charge in [0, 0.05) is 12.7 Å². The van der Waals surface area contributed by atoms with Gasteiger partial charge in [0.05, 0.1) is 12.2 Å². The third-order valence-corrected chi connectivity index (χ3v) is 2.67. The van der Waals surface area contributed by atoms with Crippen LogP contribution in [0.3, 0.4) is 0 Å². The molecule has 0 saturated carbocycles. The number of nitrogens with zero attached hydrogens (tertiary/aromatic N) is 2. The molecule has 1 aromatic heterocycles. The van der Waals surface area contributed by atoms with Crippen molar-refractivity contribution in [3.63, 3.8) is 0 Å². The van der Waals surface area contributed by atoms with Crippen molar-refractivity contribution in [2.75, 3.05) is 13.7 Å². The van der Waals surface area contributed by atoms with Gasteiger partial charge in [-0.15, -0.1) is 0 Å². The van der Waals surface area contributed by atoms with Crippen LogP contribution in [0.15, 0.2) is 22.7 Å². The van der Waals surface area contributed by atoms with E-state index < -0.39 is 23.5 Å². The van der Waals surface area contributed by atoms with Crippen molar-refractivity contribution in [2.24, 2.45) is 5.73 Å². The highest BCUT2D eigenvalue weighted by molar-refractivity contribution is 5.58. The van der Waals surface area contributed by atoms with E-state index in [9.17, 15) is 18.3 Å². The average Bonchev–Trinajstić information content (AvgIpc) is 2.88. The zero-order valence-electron chi connectivity index (χ0n) is 10.9. The highest BCUT2D eigenvalue weighted by Gasteiger charge is 2.34. The molecule has 0 aliphatic heterocycles. The van der Waals surface area contributed by atoms with Gasteiger partial charge in [0.15, 0.2) is 0 Å². The molecule has 0 aliphatic rings. The minimum absolute atomic E-state index is 0.0495. The van der Waals surface area contributed by atoms with E-state index in [1.807, 2.05) is 0 Å². The Morgan fingerprint density at radius 1 is 1.43 bits per heavy atom. The standard InChI is InChI=1S/C12H12F3N3O3/c1-20-5-8(16)11-17-10(18-21-11)6-2-3-9(19)7(4-6)12(13,14)15/h2-4,8,19H,5,16H2,1H3. The molecule has 0 bridgehead atoms. The summed E-state index contributed by atoms with van der Waals surface area (Å²) in [6.07, 6.45) is -4.68. The third-order valence-electron chi connectivity index (χ3n) is 2.67. The van der Waals surface area contributed by atoms with Gasteiger partial charge in [0.25, 0.3) is 0 Å². The largest absolute Gasteiger partial charge is 0.507 e. The van der Waals surface area contributed by atoms with Crippen LogP contribution in [0.4, 0.5) is 13.2 Å². The van der Waals surface area contributed by atoms with Gasteiger partial charge in [0.2, 0.25) is 11.7 Å². The zero-order valence-corrected chi connectivity index (χ0v) is 10.9. The van der Waals surface area contributed by atoms with Gasteiger partial charge in [-0.1, -0.05) is 5.16 Å². The molecule has 0 amide bonds. The number of hydrogen-bond donors (Lipinski definition) is 2. The molecule has 9 heteroatoms. The summed E-state index contributed by atoms with van der Waals surface area (Å²) in [7, 11) is 1.44. The Hall–Kier alpha value is -2.13. The van der Waals surface area contributed by atoms with Crippen LogP contribution in [0.2, 0.25) is 0 Å². The summed E-state index contributed by atoms with van der Waals surface area (Å²) in [5, 5.41) is 12.8. The first-order chi connectivity index (χ1) is 9.82. The zero-order chi connectivity index (χ0) is 15.6. The predicted molar refractivity (Wildman–Crippen MR) is 65.2 cm³/mol. The number of methoxy groups -OCH3 is 1. The van der Waals surface area contributed by atoms with E-state index in [-0.39, 0.29) is 23.9 Å². The van der Waals surface area contributed by atoms with Gasteiger partial charge >= 0.3 is 6.18 Å². The van der Waals surface area contributed by atoms with Gasteiger partial charge in [-0.25, -0.2) is 0 Å². The maximum Gasteiger partial charge on any atom is 0.419 e. The molecule has 1 aromatic carbocycles. The highest BCUT2D eigenvalue weighted by atomic mass is 19.4. The summed E-state index contributed by atoms with van der Waals surface area (Å²) in [6, 6.07) is 2.24. The normalized spacial score (nSPS) is 13.4. The fourth-order valence-electron chi connectivity index (χ4n) is 1.66. The van der Waals surface area contributed by atoms with Crippen LogP contribution in [0.5, 0.6) is 5.75 Å². The monoisotopic (exact) mass is 303 g/mol. The molecule has 0 radical (unpaired) electrons. The van der Waals surface area contributed by atoms with Gasteiger partial charge < -0.3 is 20.1 Å². The molecular weight excluding hydrogens is 291 g/mol. The van der Waals surface area contributed by atoms with E-state index in [1.165, 1.54) is 13.2 Å². The number of aromatic hydroxyl groups is 1. The highest BCUT2D eigenvalue weighted by Crippen LogP contribution is 2.37. The number of nitrogens with two attached hydrogens (primary N) is 1. The number of alkyl halides is 3. The van der Waals surface area contributed by atoms with Gasteiger partial charge in [-0.3, -0.25) is 0 Å². The lowest BCUT2D eigenvalue weighted by Gasteiger charge is -2.09. The Bertz CT molecular complexity index is 628. The Kier molecular flexibility index (Phi) is 4.14. The topological polar surface area (TPSA) is 94.4 Å². The van der Waals surface area contributed by atoms with E-state index in [0.717, 1.165) is 12.1 Å². The first-order valence-electron chi connectivity index (χ1n) is 5.81. The maximum absolute atomic E-state index is 12.7. The van der Waals surface area contributed by atoms with Gasteiger partial charge in [-0.2, -0.15) is 18.2 Å². The number of halogens is 3. The molecule has 114 valence electrons. The molecule has 0 aliphatic carbocycles. The summed E-state index contributed by atoms with van der Waals surface area (Å²) in [6.45, 7) is 0.130. The number of rotatable bonds is 4. The van der Waals surface area contributed by atoms with Crippen LogP contribution in [-0.4, -0.2) is 29.0 Å². The number of ether oxygens (including phenoxy) is 1. The van der Waals surface area contributed by atoms with Crippen LogP contribution < -0.4 is 5.73 Å². The van der Waals surface area contributed by atoms with Crippen LogP contribution in [0.1, 0.15) is 17.5 Å². The fraction of sp³-hybridized carbons (Fsp3) is 0.333. The molecule has 2 rings (SSSR count). The maximum atomic E-state index is 12.7. The second-order valence-electron chi connectivity index (χ2n) is 4.25. The second-order valence-corrected chi connectivity index (χ2v) is 4.25. The summed E-state index contributed by atoms with van der Waals surface area (Å²) in [4.78, 5) is 3.92. The lowest BCUT2D eigenvalue weighted by atomic mass is 10.1. The number of phenolic OH excluding ortho intramolecular Hbond substituents is 1. The molecule has 1 atom stereocenters. The van der Waals surface area contributed by atoms with Crippen molar-refractivity contribution < 1.29 is 27.5 Å². The van der Waals surface area contributed by atoms with Crippen LogP contribution in [0, 0.1) is 0 Å². The lowest BCUT2D eigenvalue weighted by Crippen LogP contribution is -2.16. The Labute approximate surface area is 117 Å². The second kappa shape index (κ2) is 5.70. The van der Waals surface area contributed by atoms with Crippen molar-refractivity contribution in [2.45, 2.75) is 12.2 Å². The lowest BCUT2D eigenvalue weighted by molar-refractivity contribution is -0.138. The van der Waals surface area contributed by atoms with Gasteiger partial charge in [0.1, 0.15) is 11.8 Å². The molecule has 2 aromatic rings. The van der Waals surface area contributed by atoms with Crippen molar-refractivity contribution >= 4 is 0 Å². The summed E-state index contributed by atoms with van der Waals surface area (Å²) in [5.74, 6) is -0.874. The summed E-state index contributed by atoms with van der Waals surface area (Å²) < 4.78 is 47.8.